The zero-order valence-electron chi connectivity index (χ0n) is 11.6. The summed E-state index contributed by atoms with van der Waals surface area (Å²) in [5, 5.41) is 12.9. The third-order valence-electron chi connectivity index (χ3n) is 3.88. The normalized spacial score (nSPS) is 19.9. The van der Waals surface area contributed by atoms with Gasteiger partial charge in [0, 0.05) is 24.3 Å². The molecule has 0 bridgehead atoms. The van der Waals surface area contributed by atoms with Crippen LogP contribution in [0, 0.1) is 0 Å². The van der Waals surface area contributed by atoms with E-state index in [1.54, 1.807) is 11.3 Å². The topological polar surface area (TPSA) is 32.7 Å². The Morgan fingerprint density at radius 2 is 2.25 bits per heavy atom. The fraction of sp³-hybridized carbons (Fsp3) is 0.500. The van der Waals surface area contributed by atoms with Crippen LogP contribution in [0.15, 0.2) is 29.6 Å². The van der Waals surface area contributed by atoms with Crippen LogP contribution in [-0.4, -0.2) is 49.0 Å². The Hall–Kier alpha value is -0.940. The van der Waals surface area contributed by atoms with Gasteiger partial charge >= 0.3 is 0 Å². The number of hydrogen-bond donors (Lipinski definition) is 1. The van der Waals surface area contributed by atoms with Gasteiger partial charge in [-0.2, -0.15) is 0 Å². The summed E-state index contributed by atoms with van der Waals surface area (Å²) in [5.74, 6) is 0. The summed E-state index contributed by atoms with van der Waals surface area (Å²) >= 11 is 1.81. The Morgan fingerprint density at radius 3 is 3.10 bits per heavy atom. The third kappa shape index (κ3) is 3.38. The van der Waals surface area contributed by atoms with Crippen molar-refractivity contribution in [1.29, 1.82) is 0 Å². The van der Waals surface area contributed by atoms with Crippen molar-refractivity contribution in [2.75, 3.05) is 32.8 Å². The van der Waals surface area contributed by atoms with Gasteiger partial charge in [-0.15, -0.1) is 11.3 Å². The zero-order chi connectivity index (χ0) is 13.8. The molecule has 1 aliphatic rings. The van der Waals surface area contributed by atoms with Crippen LogP contribution in [0.1, 0.15) is 12.0 Å². The van der Waals surface area contributed by atoms with Crippen molar-refractivity contribution in [1.82, 2.24) is 4.90 Å². The van der Waals surface area contributed by atoms with E-state index < -0.39 is 0 Å². The third-order valence-corrected chi connectivity index (χ3v) is 4.88. The summed E-state index contributed by atoms with van der Waals surface area (Å²) < 4.78 is 7.13. The van der Waals surface area contributed by atoms with Gasteiger partial charge in [-0.05, 0) is 35.2 Å². The quantitative estimate of drug-likeness (QED) is 0.830. The second kappa shape index (κ2) is 6.68. The molecule has 3 rings (SSSR count). The summed E-state index contributed by atoms with van der Waals surface area (Å²) in [7, 11) is 0. The van der Waals surface area contributed by atoms with Gasteiger partial charge in [0.1, 0.15) is 0 Å². The second-order valence-corrected chi connectivity index (χ2v) is 6.28. The molecule has 0 aliphatic carbocycles. The molecule has 4 heteroatoms. The van der Waals surface area contributed by atoms with Crippen molar-refractivity contribution in [3.8, 4) is 0 Å². The van der Waals surface area contributed by atoms with Gasteiger partial charge in [0.25, 0.3) is 0 Å². The lowest BCUT2D eigenvalue weighted by molar-refractivity contribution is 0.107. The molecule has 0 radical (unpaired) electrons. The molecule has 1 aromatic carbocycles. The van der Waals surface area contributed by atoms with Crippen LogP contribution in [0.4, 0.5) is 0 Å². The Bertz CT molecular complexity index is 554. The van der Waals surface area contributed by atoms with E-state index in [0.717, 1.165) is 45.7 Å². The van der Waals surface area contributed by atoms with E-state index in [9.17, 15) is 5.11 Å². The monoisotopic (exact) mass is 291 g/mol. The van der Waals surface area contributed by atoms with E-state index in [2.05, 4.69) is 34.5 Å². The molecule has 1 N–H and O–H groups in total. The molecule has 1 unspecified atom stereocenters. The lowest BCUT2D eigenvalue weighted by atomic mass is 10.1. The molecule has 2 aromatic rings. The average molecular weight is 291 g/mol. The van der Waals surface area contributed by atoms with Crippen LogP contribution < -0.4 is 0 Å². The molecule has 108 valence electrons. The number of likely N-dealkylation sites (tertiary alicyclic amines) is 1. The first-order valence-electron chi connectivity index (χ1n) is 7.26. The summed E-state index contributed by atoms with van der Waals surface area (Å²) in [4.78, 5) is 2.27. The van der Waals surface area contributed by atoms with Gasteiger partial charge < -0.3 is 9.84 Å². The van der Waals surface area contributed by atoms with Crippen molar-refractivity contribution in [2.45, 2.75) is 18.9 Å². The maximum atomic E-state index is 9.45. The van der Waals surface area contributed by atoms with E-state index in [1.807, 2.05) is 0 Å². The SMILES string of the molecule is OC1CCN(CCOCCc2cccc3ccsc23)C1. The maximum Gasteiger partial charge on any atom is 0.0679 e. The van der Waals surface area contributed by atoms with Crippen LogP contribution in [-0.2, 0) is 11.2 Å². The number of nitrogens with zero attached hydrogens (tertiary/aromatic N) is 1. The molecule has 1 aliphatic heterocycles. The van der Waals surface area contributed by atoms with Crippen LogP contribution in [0.3, 0.4) is 0 Å². The van der Waals surface area contributed by atoms with Gasteiger partial charge in [0.05, 0.1) is 19.3 Å². The molecule has 0 amide bonds. The summed E-state index contributed by atoms with van der Waals surface area (Å²) in [5.41, 5.74) is 1.38. The van der Waals surface area contributed by atoms with Gasteiger partial charge in [0.2, 0.25) is 0 Å². The van der Waals surface area contributed by atoms with Crippen molar-refractivity contribution >= 4 is 21.4 Å². The molecular weight excluding hydrogens is 270 g/mol. The second-order valence-electron chi connectivity index (χ2n) is 5.36. The number of β-amino-alcohol motifs (C(OH)–C–C–N with tert-alkyl or cyclic N) is 1. The number of aliphatic hydroxyl groups excluding tert-OH is 1. The number of benzene rings is 1. The first-order chi connectivity index (χ1) is 9.83. The standard InChI is InChI=1S/C16H21NO2S/c18-15-4-7-17(12-15)8-10-19-9-5-13-2-1-3-14-6-11-20-16(13)14/h1-3,6,11,15,18H,4-5,7-10,12H2. The largest absolute Gasteiger partial charge is 0.392 e. The average Bonchev–Trinajstić information content (AvgIpc) is 3.07. The Morgan fingerprint density at radius 1 is 1.30 bits per heavy atom. The van der Waals surface area contributed by atoms with Gasteiger partial charge in [-0.3, -0.25) is 4.90 Å². The summed E-state index contributed by atoms with van der Waals surface area (Å²) in [6, 6.07) is 8.65. The van der Waals surface area contributed by atoms with Crippen molar-refractivity contribution in [3.05, 3.63) is 35.2 Å². The molecule has 1 fully saturated rings. The smallest absolute Gasteiger partial charge is 0.0679 e. The molecule has 0 saturated carbocycles. The maximum absolute atomic E-state index is 9.45. The van der Waals surface area contributed by atoms with E-state index in [4.69, 9.17) is 4.74 Å². The predicted octanol–water partition coefficient (Wildman–Crippen LogP) is 2.53. The molecule has 1 saturated heterocycles. The fourth-order valence-corrected chi connectivity index (χ4v) is 3.69. The number of hydrogen-bond acceptors (Lipinski definition) is 4. The van der Waals surface area contributed by atoms with Crippen molar-refractivity contribution in [2.24, 2.45) is 0 Å². The Labute approximate surface area is 123 Å². The number of rotatable bonds is 6. The Balaban J connectivity index is 1.40. The highest BCUT2D eigenvalue weighted by molar-refractivity contribution is 7.17. The van der Waals surface area contributed by atoms with Crippen molar-refractivity contribution in [3.63, 3.8) is 0 Å². The summed E-state index contributed by atoms with van der Waals surface area (Å²) in [6.45, 7) is 4.26. The number of thiophene rings is 1. The minimum atomic E-state index is -0.133. The first kappa shape index (κ1) is 14.0. The van der Waals surface area contributed by atoms with Gasteiger partial charge in [-0.25, -0.2) is 0 Å². The van der Waals surface area contributed by atoms with Crippen LogP contribution in [0.25, 0.3) is 10.1 Å². The molecule has 3 nitrogen and oxygen atoms in total. The van der Waals surface area contributed by atoms with E-state index in [-0.39, 0.29) is 6.10 Å². The number of fused-ring (bicyclic) bond motifs is 1. The van der Waals surface area contributed by atoms with Crippen molar-refractivity contribution < 1.29 is 9.84 Å². The van der Waals surface area contributed by atoms with Crippen LogP contribution in [0.2, 0.25) is 0 Å². The van der Waals surface area contributed by atoms with E-state index in [0.29, 0.717) is 0 Å². The zero-order valence-corrected chi connectivity index (χ0v) is 12.4. The molecule has 1 aromatic heterocycles. The molecule has 1 atom stereocenters. The highest BCUT2D eigenvalue weighted by atomic mass is 32.1. The summed E-state index contributed by atoms with van der Waals surface area (Å²) in [6.07, 6.45) is 1.74. The lowest BCUT2D eigenvalue weighted by Crippen LogP contribution is -2.26. The van der Waals surface area contributed by atoms with Gasteiger partial charge in [0.15, 0.2) is 0 Å². The fourth-order valence-electron chi connectivity index (χ4n) is 2.75. The van der Waals surface area contributed by atoms with E-state index in [1.165, 1.54) is 15.6 Å². The highest BCUT2D eigenvalue weighted by Gasteiger charge is 2.19. The minimum Gasteiger partial charge on any atom is -0.392 e. The van der Waals surface area contributed by atoms with Gasteiger partial charge in [-0.1, -0.05) is 18.2 Å². The lowest BCUT2D eigenvalue weighted by Gasteiger charge is -2.14. The predicted molar refractivity (Wildman–Crippen MR) is 83.4 cm³/mol. The number of aliphatic hydroxyl groups is 1. The molecular formula is C16H21NO2S. The van der Waals surface area contributed by atoms with Crippen LogP contribution >= 0.6 is 11.3 Å². The van der Waals surface area contributed by atoms with E-state index >= 15 is 0 Å². The first-order valence-corrected chi connectivity index (χ1v) is 8.14. The highest BCUT2D eigenvalue weighted by Crippen LogP contribution is 2.24. The number of ether oxygens (including phenoxy) is 1. The minimum absolute atomic E-state index is 0.133. The van der Waals surface area contributed by atoms with Crippen LogP contribution in [0.5, 0.6) is 0 Å². The molecule has 20 heavy (non-hydrogen) atoms. The molecule has 2 heterocycles. The molecule has 0 spiro atoms. The Kier molecular flexibility index (Phi) is 4.68.